The van der Waals surface area contributed by atoms with Crippen molar-refractivity contribution >= 4 is 11.5 Å². The van der Waals surface area contributed by atoms with Gasteiger partial charge in [-0.05, 0) is 42.3 Å². The zero-order valence-electron chi connectivity index (χ0n) is 15.4. The molecule has 5 nitrogen and oxygen atoms in total. The predicted molar refractivity (Wildman–Crippen MR) is 102 cm³/mol. The molecule has 0 fully saturated rings. The molecule has 5 heteroatoms. The molecule has 1 aliphatic carbocycles. The minimum absolute atomic E-state index is 0.125. The lowest BCUT2D eigenvalue weighted by molar-refractivity contribution is -0.136. The van der Waals surface area contributed by atoms with Gasteiger partial charge in [-0.15, -0.1) is 0 Å². The van der Waals surface area contributed by atoms with Gasteiger partial charge in [0, 0.05) is 12.0 Å². The van der Waals surface area contributed by atoms with Crippen LogP contribution in [0.3, 0.4) is 0 Å². The molecule has 1 aromatic carbocycles. The van der Waals surface area contributed by atoms with Crippen molar-refractivity contribution in [3.63, 3.8) is 0 Å². The van der Waals surface area contributed by atoms with Gasteiger partial charge in [-0.2, -0.15) is 0 Å². The van der Waals surface area contributed by atoms with Crippen LogP contribution in [0.1, 0.15) is 29.1 Å². The molecule has 140 valence electrons. The van der Waals surface area contributed by atoms with E-state index in [1.165, 1.54) is 0 Å². The number of carboxylic acid groups (broad SMARTS) is 1. The van der Waals surface area contributed by atoms with E-state index in [0.717, 1.165) is 28.2 Å². The highest BCUT2D eigenvalue weighted by molar-refractivity contribution is 5.76. The quantitative estimate of drug-likeness (QED) is 0.771. The van der Waals surface area contributed by atoms with E-state index < -0.39 is 5.97 Å². The molecular formula is C22H22O5. The average Bonchev–Trinajstić information content (AvgIpc) is 2.85. The normalized spacial score (nSPS) is 13.6. The van der Waals surface area contributed by atoms with E-state index in [4.69, 9.17) is 19.0 Å². The summed E-state index contributed by atoms with van der Waals surface area (Å²) in [6, 6.07) is 9.66. The second-order valence-corrected chi connectivity index (χ2v) is 6.24. The van der Waals surface area contributed by atoms with Crippen molar-refractivity contribution in [2.24, 2.45) is 0 Å². The minimum atomic E-state index is -0.913. The summed E-state index contributed by atoms with van der Waals surface area (Å²) in [5.41, 5.74) is 3.06. The lowest BCUT2D eigenvalue weighted by Gasteiger charge is -2.07. The predicted octanol–water partition coefficient (Wildman–Crippen LogP) is 4.67. The molecule has 1 aliphatic rings. The number of aryl methyl sites for hydroxylation is 1. The number of carbonyl (C=O) groups is 1. The van der Waals surface area contributed by atoms with Crippen LogP contribution in [0, 0.1) is 6.92 Å². The molecule has 0 amide bonds. The van der Waals surface area contributed by atoms with Crippen LogP contribution in [0.15, 0.2) is 64.8 Å². The first-order valence-corrected chi connectivity index (χ1v) is 8.70. The number of hydrogen-bond donors (Lipinski definition) is 1. The summed E-state index contributed by atoms with van der Waals surface area (Å²) in [5.74, 6) is 1.88. The van der Waals surface area contributed by atoms with Crippen LogP contribution in [0.5, 0.6) is 5.75 Å². The Hall–Kier alpha value is -3.21. The first-order chi connectivity index (χ1) is 13.0. The van der Waals surface area contributed by atoms with E-state index in [1.54, 1.807) is 13.2 Å². The molecule has 1 N–H and O–H groups in total. The summed E-state index contributed by atoms with van der Waals surface area (Å²) in [6.07, 6.45) is 8.69. The van der Waals surface area contributed by atoms with Crippen LogP contribution in [0.25, 0.3) is 5.57 Å². The maximum Gasteiger partial charge on any atom is 0.311 e. The van der Waals surface area contributed by atoms with Crippen LogP contribution < -0.4 is 4.74 Å². The molecule has 0 bridgehead atoms. The van der Waals surface area contributed by atoms with E-state index in [-0.39, 0.29) is 6.42 Å². The number of ether oxygens (including phenoxy) is 2. The van der Waals surface area contributed by atoms with Crippen molar-refractivity contribution in [1.29, 1.82) is 0 Å². The summed E-state index contributed by atoms with van der Waals surface area (Å²) in [4.78, 5) is 10.8. The molecule has 2 aromatic rings. The van der Waals surface area contributed by atoms with Crippen molar-refractivity contribution < 1.29 is 23.8 Å². The van der Waals surface area contributed by atoms with Gasteiger partial charge in [0.1, 0.15) is 36.1 Å². The molecule has 1 aromatic heterocycles. The number of allylic oxidation sites excluding steroid dienone is 5. The highest BCUT2D eigenvalue weighted by Crippen LogP contribution is 2.24. The van der Waals surface area contributed by atoms with Gasteiger partial charge in [-0.3, -0.25) is 4.79 Å². The topological polar surface area (TPSA) is 68.9 Å². The van der Waals surface area contributed by atoms with Crippen molar-refractivity contribution in [3.05, 3.63) is 83.0 Å². The molecule has 0 spiro atoms. The number of hydrogen-bond acceptors (Lipinski definition) is 4. The summed E-state index contributed by atoms with van der Waals surface area (Å²) in [7, 11) is 1.65. The number of aliphatic carboxylic acids is 1. The summed E-state index contributed by atoms with van der Waals surface area (Å²) in [5, 5.41) is 8.86. The van der Waals surface area contributed by atoms with Crippen molar-refractivity contribution in [1.82, 2.24) is 0 Å². The van der Waals surface area contributed by atoms with Gasteiger partial charge >= 0.3 is 5.97 Å². The molecule has 0 atom stereocenters. The van der Waals surface area contributed by atoms with Crippen LogP contribution in [-0.2, 0) is 22.6 Å². The fraction of sp³-hybridized carbons (Fsp3) is 0.227. The second-order valence-electron chi connectivity index (χ2n) is 6.24. The third-order valence-electron chi connectivity index (χ3n) is 4.30. The van der Waals surface area contributed by atoms with Gasteiger partial charge in [0.05, 0.1) is 7.11 Å². The first kappa shape index (κ1) is 18.6. The maximum absolute atomic E-state index is 10.8. The SMILES string of the molecule is COc1ccc(C2=CC=C(OCc3cc(CC(=O)O)oc3C)CC=C2)cc1. The fourth-order valence-corrected chi connectivity index (χ4v) is 2.83. The Balaban J connectivity index is 1.67. The molecule has 27 heavy (non-hydrogen) atoms. The smallest absolute Gasteiger partial charge is 0.311 e. The first-order valence-electron chi connectivity index (χ1n) is 8.70. The zero-order chi connectivity index (χ0) is 19.2. The third kappa shape index (κ3) is 4.91. The maximum atomic E-state index is 10.8. The summed E-state index contributed by atoms with van der Waals surface area (Å²) < 4.78 is 16.6. The van der Waals surface area contributed by atoms with Crippen molar-refractivity contribution in [2.45, 2.75) is 26.4 Å². The van der Waals surface area contributed by atoms with Gasteiger partial charge in [-0.1, -0.05) is 30.4 Å². The highest BCUT2D eigenvalue weighted by atomic mass is 16.5. The lowest BCUT2D eigenvalue weighted by atomic mass is 10.1. The van der Waals surface area contributed by atoms with E-state index in [2.05, 4.69) is 12.2 Å². The van der Waals surface area contributed by atoms with Gasteiger partial charge in [0.2, 0.25) is 0 Å². The Kier molecular flexibility index (Phi) is 5.81. The van der Waals surface area contributed by atoms with E-state index in [9.17, 15) is 4.79 Å². The van der Waals surface area contributed by atoms with Gasteiger partial charge in [0.25, 0.3) is 0 Å². The molecule has 0 saturated heterocycles. The molecule has 0 radical (unpaired) electrons. The Labute approximate surface area is 158 Å². The van der Waals surface area contributed by atoms with Gasteiger partial charge in [0.15, 0.2) is 0 Å². The molecule has 0 unspecified atom stereocenters. The lowest BCUT2D eigenvalue weighted by Crippen LogP contribution is -1.98. The Morgan fingerprint density at radius 3 is 2.70 bits per heavy atom. The Bertz CT molecular complexity index is 897. The molecule has 3 rings (SSSR count). The number of furan rings is 1. The zero-order valence-corrected chi connectivity index (χ0v) is 15.4. The third-order valence-corrected chi connectivity index (χ3v) is 4.30. The van der Waals surface area contributed by atoms with E-state index >= 15 is 0 Å². The molecule has 0 saturated carbocycles. The minimum Gasteiger partial charge on any atom is -0.497 e. The highest BCUT2D eigenvalue weighted by Gasteiger charge is 2.12. The molecule has 1 heterocycles. The molecular weight excluding hydrogens is 344 g/mol. The number of carboxylic acids is 1. The van der Waals surface area contributed by atoms with Gasteiger partial charge < -0.3 is 19.0 Å². The number of methoxy groups -OCH3 is 1. The standard InChI is InChI=1S/C22H22O5/c1-15-18(12-21(27-15)13-22(23)24)14-26-20-5-3-4-16(8-11-20)17-6-9-19(25-2)10-7-17/h3-4,6-12H,5,13-14H2,1-2H3,(H,23,24). The van der Waals surface area contributed by atoms with Crippen molar-refractivity contribution in [2.75, 3.05) is 7.11 Å². The van der Waals surface area contributed by atoms with E-state index in [1.807, 2.05) is 43.3 Å². The van der Waals surface area contributed by atoms with Gasteiger partial charge in [-0.25, -0.2) is 0 Å². The van der Waals surface area contributed by atoms with Crippen LogP contribution >= 0.6 is 0 Å². The average molecular weight is 366 g/mol. The number of rotatable bonds is 7. The van der Waals surface area contributed by atoms with E-state index in [0.29, 0.717) is 24.5 Å². The van der Waals surface area contributed by atoms with Crippen LogP contribution in [0.2, 0.25) is 0 Å². The largest absolute Gasteiger partial charge is 0.497 e. The van der Waals surface area contributed by atoms with Crippen LogP contribution in [-0.4, -0.2) is 18.2 Å². The molecule has 0 aliphatic heterocycles. The summed E-state index contributed by atoms with van der Waals surface area (Å²) in [6.45, 7) is 2.16. The second kappa shape index (κ2) is 8.45. The Morgan fingerprint density at radius 1 is 1.22 bits per heavy atom. The summed E-state index contributed by atoms with van der Waals surface area (Å²) >= 11 is 0. The Morgan fingerprint density at radius 2 is 2.00 bits per heavy atom. The van der Waals surface area contributed by atoms with Crippen molar-refractivity contribution in [3.8, 4) is 5.75 Å². The number of benzene rings is 1. The van der Waals surface area contributed by atoms with Crippen LogP contribution in [0.4, 0.5) is 0 Å². The fourth-order valence-electron chi connectivity index (χ4n) is 2.83. The monoisotopic (exact) mass is 366 g/mol.